The van der Waals surface area contributed by atoms with Crippen molar-refractivity contribution in [1.82, 2.24) is 5.32 Å². The first kappa shape index (κ1) is 8.77. The van der Waals surface area contributed by atoms with Gasteiger partial charge in [-0.15, -0.1) is 0 Å². The third kappa shape index (κ3) is 0.992. The second-order valence-corrected chi connectivity index (χ2v) is 5.21. The summed E-state index contributed by atoms with van der Waals surface area (Å²) in [5, 5.41) is 6.36. The summed E-state index contributed by atoms with van der Waals surface area (Å²) < 4.78 is 0. The van der Waals surface area contributed by atoms with Gasteiger partial charge in [-0.25, -0.2) is 0 Å². The molecule has 1 N–H and O–H groups in total. The first-order chi connectivity index (χ1) is 7.90. The van der Waals surface area contributed by atoms with Crippen LogP contribution in [0.5, 0.6) is 0 Å². The van der Waals surface area contributed by atoms with Gasteiger partial charge < -0.3 is 5.32 Å². The van der Waals surface area contributed by atoms with Crippen LogP contribution in [0.3, 0.4) is 0 Å². The summed E-state index contributed by atoms with van der Waals surface area (Å²) in [5.74, 6) is 0.887. The Morgan fingerprint density at radius 3 is 2.75 bits per heavy atom. The van der Waals surface area contributed by atoms with Gasteiger partial charge in [-0.3, -0.25) is 0 Å². The van der Waals surface area contributed by atoms with E-state index in [1.54, 1.807) is 5.56 Å². The Balaban J connectivity index is 1.98. The van der Waals surface area contributed by atoms with Crippen LogP contribution in [0.4, 0.5) is 0 Å². The fourth-order valence-electron chi connectivity index (χ4n) is 3.42. The highest BCUT2D eigenvalue weighted by Crippen LogP contribution is 2.57. The Bertz CT molecular complexity index is 555. The number of fused-ring (bicyclic) bond motifs is 2. The average Bonchev–Trinajstić information content (AvgIpc) is 2.91. The minimum Gasteiger partial charge on any atom is -0.316 e. The standard InChI is InChI=1S/C15H15N/c1-2-6-13-11(4-1)5-3-7-14(13)15-8-12(15)9-16-10-15/h1-7,12,16H,8-10H2. The van der Waals surface area contributed by atoms with E-state index >= 15 is 0 Å². The molecule has 1 heterocycles. The Kier molecular flexibility index (Phi) is 1.57. The van der Waals surface area contributed by atoms with Gasteiger partial charge in [0.05, 0.1) is 0 Å². The van der Waals surface area contributed by atoms with Crippen molar-refractivity contribution in [3.8, 4) is 0 Å². The fourth-order valence-corrected chi connectivity index (χ4v) is 3.42. The number of benzene rings is 2. The maximum absolute atomic E-state index is 3.53. The van der Waals surface area contributed by atoms with Gasteiger partial charge in [-0.1, -0.05) is 42.5 Å². The minimum atomic E-state index is 0.473. The summed E-state index contributed by atoms with van der Waals surface area (Å²) >= 11 is 0. The third-order valence-corrected chi connectivity index (χ3v) is 4.39. The van der Waals surface area contributed by atoms with Crippen molar-refractivity contribution in [1.29, 1.82) is 0 Å². The van der Waals surface area contributed by atoms with Crippen LogP contribution >= 0.6 is 0 Å². The first-order valence-corrected chi connectivity index (χ1v) is 6.09. The molecule has 0 amide bonds. The molecule has 2 atom stereocenters. The molecule has 1 aliphatic heterocycles. The second-order valence-electron chi connectivity index (χ2n) is 5.21. The van der Waals surface area contributed by atoms with E-state index in [0.717, 1.165) is 5.92 Å². The van der Waals surface area contributed by atoms with Gasteiger partial charge >= 0.3 is 0 Å². The van der Waals surface area contributed by atoms with Crippen LogP contribution in [0.2, 0.25) is 0 Å². The van der Waals surface area contributed by atoms with E-state index in [0.29, 0.717) is 5.41 Å². The summed E-state index contributed by atoms with van der Waals surface area (Å²) in [6, 6.07) is 15.5. The molecule has 0 bridgehead atoms. The highest BCUT2D eigenvalue weighted by atomic mass is 15.0. The summed E-state index contributed by atoms with van der Waals surface area (Å²) in [4.78, 5) is 0. The molecule has 2 aromatic carbocycles. The lowest BCUT2D eigenvalue weighted by atomic mass is 9.90. The Morgan fingerprint density at radius 2 is 1.94 bits per heavy atom. The molecule has 2 unspecified atom stereocenters. The monoisotopic (exact) mass is 209 g/mol. The Hall–Kier alpha value is -1.34. The van der Waals surface area contributed by atoms with Crippen LogP contribution in [-0.2, 0) is 5.41 Å². The minimum absolute atomic E-state index is 0.473. The highest BCUT2D eigenvalue weighted by Gasteiger charge is 2.58. The molecule has 0 aromatic heterocycles. The molecular weight excluding hydrogens is 194 g/mol. The SMILES string of the molecule is c1ccc2c(C34CNCC3C4)cccc2c1. The number of nitrogens with one attached hydrogen (secondary N) is 1. The van der Waals surface area contributed by atoms with Crippen molar-refractivity contribution in [2.24, 2.45) is 5.92 Å². The largest absolute Gasteiger partial charge is 0.316 e. The quantitative estimate of drug-likeness (QED) is 0.761. The van der Waals surface area contributed by atoms with Crippen molar-refractivity contribution in [3.63, 3.8) is 0 Å². The van der Waals surface area contributed by atoms with Crippen LogP contribution in [0, 0.1) is 5.92 Å². The molecule has 0 spiro atoms. The van der Waals surface area contributed by atoms with Gasteiger partial charge in [-0.05, 0) is 35.2 Å². The first-order valence-electron chi connectivity index (χ1n) is 6.09. The van der Waals surface area contributed by atoms with E-state index in [2.05, 4.69) is 47.8 Å². The zero-order chi connectivity index (χ0) is 10.6. The number of hydrogen-bond acceptors (Lipinski definition) is 1. The summed E-state index contributed by atoms with van der Waals surface area (Å²) in [6.45, 7) is 2.38. The highest BCUT2D eigenvalue weighted by molar-refractivity contribution is 5.87. The molecule has 2 aromatic rings. The van der Waals surface area contributed by atoms with E-state index < -0.39 is 0 Å². The number of hydrogen-bond donors (Lipinski definition) is 1. The van der Waals surface area contributed by atoms with E-state index in [1.165, 1.54) is 30.3 Å². The van der Waals surface area contributed by atoms with E-state index in [-0.39, 0.29) is 0 Å². The van der Waals surface area contributed by atoms with E-state index in [1.807, 2.05) is 0 Å². The van der Waals surface area contributed by atoms with Crippen molar-refractivity contribution in [3.05, 3.63) is 48.0 Å². The molecule has 2 fully saturated rings. The van der Waals surface area contributed by atoms with Crippen molar-refractivity contribution in [2.45, 2.75) is 11.8 Å². The fraction of sp³-hybridized carbons (Fsp3) is 0.333. The Morgan fingerprint density at radius 1 is 1.06 bits per heavy atom. The molecule has 1 saturated heterocycles. The third-order valence-electron chi connectivity index (χ3n) is 4.39. The predicted molar refractivity (Wildman–Crippen MR) is 66.6 cm³/mol. The molecule has 1 heteroatoms. The lowest BCUT2D eigenvalue weighted by Crippen LogP contribution is -2.19. The van der Waals surface area contributed by atoms with Gasteiger partial charge in [0.1, 0.15) is 0 Å². The van der Waals surface area contributed by atoms with E-state index in [4.69, 9.17) is 0 Å². The molecular formula is C15H15N. The predicted octanol–water partition coefficient (Wildman–Crippen LogP) is 2.70. The Labute approximate surface area is 95.5 Å². The maximum Gasteiger partial charge on any atom is 0.0128 e. The average molecular weight is 209 g/mol. The van der Waals surface area contributed by atoms with Crippen LogP contribution < -0.4 is 5.32 Å². The van der Waals surface area contributed by atoms with E-state index in [9.17, 15) is 0 Å². The van der Waals surface area contributed by atoms with Crippen molar-refractivity contribution < 1.29 is 0 Å². The van der Waals surface area contributed by atoms with Gasteiger partial charge in [-0.2, -0.15) is 0 Å². The van der Waals surface area contributed by atoms with Crippen LogP contribution in [0.1, 0.15) is 12.0 Å². The zero-order valence-electron chi connectivity index (χ0n) is 9.24. The van der Waals surface area contributed by atoms with Crippen LogP contribution in [-0.4, -0.2) is 13.1 Å². The zero-order valence-corrected chi connectivity index (χ0v) is 9.24. The lowest BCUT2D eigenvalue weighted by molar-refractivity contribution is 0.680. The molecule has 4 rings (SSSR count). The van der Waals surface area contributed by atoms with Crippen LogP contribution in [0.25, 0.3) is 10.8 Å². The summed E-state index contributed by atoms with van der Waals surface area (Å²) in [7, 11) is 0. The van der Waals surface area contributed by atoms with Crippen molar-refractivity contribution in [2.75, 3.05) is 13.1 Å². The molecule has 2 aliphatic rings. The van der Waals surface area contributed by atoms with Gasteiger partial charge in [0.15, 0.2) is 0 Å². The van der Waals surface area contributed by atoms with Gasteiger partial charge in [0.25, 0.3) is 0 Å². The number of piperidine rings is 1. The summed E-state index contributed by atoms with van der Waals surface area (Å²) in [5.41, 5.74) is 2.04. The maximum atomic E-state index is 3.53. The topological polar surface area (TPSA) is 12.0 Å². The lowest BCUT2D eigenvalue weighted by Gasteiger charge is -2.15. The molecule has 80 valence electrons. The molecule has 16 heavy (non-hydrogen) atoms. The normalized spacial score (nSPS) is 31.6. The van der Waals surface area contributed by atoms with Crippen LogP contribution in [0.15, 0.2) is 42.5 Å². The molecule has 1 saturated carbocycles. The van der Waals surface area contributed by atoms with Crippen molar-refractivity contribution >= 4 is 10.8 Å². The van der Waals surface area contributed by atoms with Gasteiger partial charge in [0, 0.05) is 12.0 Å². The summed E-state index contributed by atoms with van der Waals surface area (Å²) in [6.07, 6.45) is 1.38. The molecule has 0 radical (unpaired) electrons. The molecule has 1 nitrogen and oxygen atoms in total. The smallest absolute Gasteiger partial charge is 0.0128 e. The number of rotatable bonds is 1. The second kappa shape index (κ2) is 2.86. The molecule has 1 aliphatic carbocycles. The van der Waals surface area contributed by atoms with Gasteiger partial charge in [0.2, 0.25) is 0 Å².